The van der Waals surface area contributed by atoms with Gasteiger partial charge in [-0.05, 0) is 37.8 Å². The molecule has 0 radical (unpaired) electrons. The van der Waals surface area contributed by atoms with E-state index in [1.54, 1.807) is 0 Å². The van der Waals surface area contributed by atoms with Crippen LogP contribution in [0.4, 0.5) is 11.5 Å². The number of nitrogens with zero attached hydrogens (tertiary/aromatic N) is 2. The predicted octanol–water partition coefficient (Wildman–Crippen LogP) is 1.82. The maximum atomic E-state index is 5.76. The topological polar surface area (TPSA) is 42.1 Å². The van der Waals surface area contributed by atoms with Crippen molar-refractivity contribution in [1.82, 2.24) is 4.98 Å². The number of aromatic nitrogens is 1. The van der Waals surface area contributed by atoms with Crippen molar-refractivity contribution in [1.29, 1.82) is 0 Å². The highest BCUT2D eigenvalue weighted by Gasteiger charge is 2.24. The van der Waals surface area contributed by atoms with Gasteiger partial charge in [0, 0.05) is 6.54 Å². The van der Waals surface area contributed by atoms with Crippen LogP contribution in [0.2, 0.25) is 0 Å². The zero-order valence-electron chi connectivity index (χ0n) is 9.61. The van der Waals surface area contributed by atoms with Crippen LogP contribution in [0.1, 0.15) is 18.5 Å². The zero-order chi connectivity index (χ0) is 11.5. The summed E-state index contributed by atoms with van der Waals surface area (Å²) in [5.41, 5.74) is 7.36. The third-order valence-corrected chi connectivity index (χ3v) is 2.89. The summed E-state index contributed by atoms with van der Waals surface area (Å²) >= 11 is 0. The lowest BCUT2D eigenvalue weighted by Crippen LogP contribution is -2.27. The molecule has 1 aliphatic rings. The van der Waals surface area contributed by atoms with Gasteiger partial charge in [-0.1, -0.05) is 5.92 Å². The van der Waals surface area contributed by atoms with Crippen molar-refractivity contribution in [3.8, 4) is 12.3 Å². The number of nitrogens with two attached hydrogens (primary N) is 1. The molecule has 3 heteroatoms. The molecule has 84 valence electrons. The Labute approximate surface area is 96.7 Å². The van der Waals surface area contributed by atoms with Crippen molar-refractivity contribution in [3.05, 3.63) is 17.8 Å². The van der Waals surface area contributed by atoms with Gasteiger partial charge in [0.05, 0.1) is 17.9 Å². The maximum Gasteiger partial charge on any atom is 0.129 e. The molecule has 1 aromatic rings. The van der Waals surface area contributed by atoms with Crippen molar-refractivity contribution in [3.63, 3.8) is 0 Å². The summed E-state index contributed by atoms with van der Waals surface area (Å²) in [5, 5.41) is 0. The van der Waals surface area contributed by atoms with Gasteiger partial charge in [0.1, 0.15) is 5.82 Å². The molecule has 1 fully saturated rings. The first-order valence-electron chi connectivity index (χ1n) is 5.62. The van der Waals surface area contributed by atoms with Gasteiger partial charge in [0.25, 0.3) is 0 Å². The highest BCUT2D eigenvalue weighted by molar-refractivity contribution is 5.51. The van der Waals surface area contributed by atoms with Crippen molar-refractivity contribution in [2.75, 3.05) is 23.7 Å². The molecule has 2 rings (SSSR count). The van der Waals surface area contributed by atoms with Crippen molar-refractivity contribution < 1.29 is 0 Å². The highest BCUT2D eigenvalue weighted by Crippen LogP contribution is 2.31. The van der Waals surface area contributed by atoms with E-state index in [1.807, 2.05) is 19.1 Å². The first-order chi connectivity index (χ1) is 7.70. The molecule has 0 saturated heterocycles. The average molecular weight is 215 g/mol. The summed E-state index contributed by atoms with van der Waals surface area (Å²) < 4.78 is 0. The molecule has 3 nitrogen and oxygen atoms in total. The Balaban J connectivity index is 2.16. The Bertz CT molecular complexity index is 416. The third kappa shape index (κ3) is 2.46. The van der Waals surface area contributed by atoms with Gasteiger partial charge in [-0.3, -0.25) is 0 Å². The molecule has 1 aromatic heterocycles. The monoisotopic (exact) mass is 215 g/mol. The minimum atomic E-state index is 0.618. The van der Waals surface area contributed by atoms with Crippen LogP contribution in [0.3, 0.4) is 0 Å². The summed E-state index contributed by atoms with van der Waals surface area (Å²) in [6, 6.07) is 3.84. The summed E-state index contributed by atoms with van der Waals surface area (Å²) in [6.45, 7) is 3.55. The first-order valence-corrected chi connectivity index (χ1v) is 5.62. The van der Waals surface area contributed by atoms with Crippen LogP contribution in [0.25, 0.3) is 0 Å². The zero-order valence-corrected chi connectivity index (χ0v) is 9.61. The number of hydrogen-bond donors (Lipinski definition) is 1. The minimum absolute atomic E-state index is 0.618. The largest absolute Gasteiger partial charge is 0.397 e. The predicted molar refractivity (Wildman–Crippen MR) is 67.2 cm³/mol. The molecule has 1 heterocycles. The lowest BCUT2D eigenvalue weighted by Gasteiger charge is -2.21. The Kier molecular flexibility index (Phi) is 3.00. The van der Waals surface area contributed by atoms with E-state index in [2.05, 4.69) is 15.8 Å². The molecule has 0 spiro atoms. The summed E-state index contributed by atoms with van der Waals surface area (Å²) in [7, 11) is 0. The number of rotatable bonds is 4. The summed E-state index contributed by atoms with van der Waals surface area (Å²) in [6.07, 6.45) is 8.02. The highest BCUT2D eigenvalue weighted by atomic mass is 15.2. The quantitative estimate of drug-likeness (QED) is 0.779. The van der Waals surface area contributed by atoms with Gasteiger partial charge in [-0.2, -0.15) is 0 Å². The maximum absolute atomic E-state index is 5.76. The fraction of sp³-hybridized carbons (Fsp3) is 0.462. The fourth-order valence-corrected chi connectivity index (χ4v) is 1.70. The normalized spacial score (nSPS) is 14.5. The van der Waals surface area contributed by atoms with E-state index in [0.29, 0.717) is 6.54 Å². The third-order valence-electron chi connectivity index (χ3n) is 2.89. The van der Waals surface area contributed by atoms with Crippen LogP contribution in [0.15, 0.2) is 12.1 Å². The molecule has 16 heavy (non-hydrogen) atoms. The summed E-state index contributed by atoms with van der Waals surface area (Å²) in [5.74, 6) is 4.43. The Hall–Kier alpha value is -1.69. The molecule has 0 amide bonds. The smallest absolute Gasteiger partial charge is 0.129 e. The van der Waals surface area contributed by atoms with E-state index in [9.17, 15) is 0 Å². The standard InChI is InChI=1S/C13H17N3/c1-3-8-16(9-11-4-5-11)13-7-6-12(14)10(2)15-13/h1,6-7,11H,4-5,8-9,14H2,2H3. The number of nitrogen functional groups attached to an aromatic ring is 1. The Morgan fingerprint density at radius 2 is 2.31 bits per heavy atom. The van der Waals surface area contributed by atoms with E-state index >= 15 is 0 Å². The second-order valence-corrected chi connectivity index (χ2v) is 4.37. The molecular formula is C13H17N3. The molecule has 0 aliphatic heterocycles. The van der Waals surface area contributed by atoms with Crippen LogP contribution >= 0.6 is 0 Å². The van der Waals surface area contributed by atoms with E-state index in [0.717, 1.165) is 29.7 Å². The van der Waals surface area contributed by atoms with Crippen LogP contribution in [-0.4, -0.2) is 18.1 Å². The van der Waals surface area contributed by atoms with Crippen LogP contribution < -0.4 is 10.6 Å². The Morgan fingerprint density at radius 1 is 1.56 bits per heavy atom. The van der Waals surface area contributed by atoms with Gasteiger partial charge >= 0.3 is 0 Å². The molecule has 1 saturated carbocycles. The summed E-state index contributed by atoms with van der Waals surface area (Å²) in [4.78, 5) is 6.63. The second kappa shape index (κ2) is 4.44. The first kappa shape index (κ1) is 10.8. The second-order valence-electron chi connectivity index (χ2n) is 4.37. The van der Waals surface area contributed by atoms with Gasteiger partial charge in [0.2, 0.25) is 0 Å². The SMILES string of the molecule is C#CCN(CC1CC1)c1ccc(N)c(C)n1. The molecule has 2 N–H and O–H groups in total. The Morgan fingerprint density at radius 3 is 2.88 bits per heavy atom. The number of hydrogen-bond acceptors (Lipinski definition) is 3. The minimum Gasteiger partial charge on any atom is -0.397 e. The van der Waals surface area contributed by atoms with E-state index in [1.165, 1.54) is 12.8 Å². The molecule has 1 aliphatic carbocycles. The lowest BCUT2D eigenvalue weighted by molar-refractivity contribution is 0.754. The van der Waals surface area contributed by atoms with Crippen LogP contribution in [0.5, 0.6) is 0 Å². The van der Waals surface area contributed by atoms with E-state index < -0.39 is 0 Å². The number of anilines is 2. The van der Waals surface area contributed by atoms with Crippen LogP contribution in [-0.2, 0) is 0 Å². The van der Waals surface area contributed by atoms with Crippen molar-refractivity contribution in [2.45, 2.75) is 19.8 Å². The number of terminal acetylenes is 1. The van der Waals surface area contributed by atoms with Crippen LogP contribution in [0, 0.1) is 25.2 Å². The fourth-order valence-electron chi connectivity index (χ4n) is 1.70. The molecule has 0 aromatic carbocycles. The number of aryl methyl sites for hydroxylation is 1. The van der Waals surface area contributed by atoms with Crippen molar-refractivity contribution >= 4 is 11.5 Å². The molecular weight excluding hydrogens is 198 g/mol. The van der Waals surface area contributed by atoms with E-state index in [-0.39, 0.29) is 0 Å². The molecule has 0 atom stereocenters. The average Bonchev–Trinajstić information content (AvgIpc) is 3.05. The molecule has 0 unspecified atom stereocenters. The van der Waals surface area contributed by atoms with Crippen molar-refractivity contribution in [2.24, 2.45) is 5.92 Å². The van der Waals surface area contributed by atoms with Gasteiger partial charge in [-0.15, -0.1) is 6.42 Å². The van der Waals surface area contributed by atoms with Gasteiger partial charge < -0.3 is 10.6 Å². The van der Waals surface area contributed by atoms with Gasteiger partial charge in [0.15, 0.2) is 0 Å². The number of pyridine rings is 1. The van der Waals surface area contributed by atoms with Gasteiger partial charge in [-0.25, -0.2) is 4.98 Å². The molecule has 0 bridgehead atoms. The van der Waals surface area contributed by atoms with E-state index in [4.69, 9.17) is 12.2 Å². The lowest BCUT2D eigenvalue weighted by atomic mass is 10.3.